The van der Waals surface area contributed by atoms with Crippen LogP contribution in [0.3, 0.4) is 0 Å². The number of nitro benzene ring substituents is 1. The van der Waals surface area contributed by atoms with Crippen molar-refractivity contribution in [1.29, 1.82) is 0 Å². The highest BCUT2D eigenvalue weighted by Crippen LogP contribution is 2.30. The summed E-state index contributed by atoms with van der Waals surface area (Å²) in [6.45, 7) is 4.51. The number of aliphatic carboxylic acids is 1. The first-order valence-electron chi connectivity index (χ1n) is 5.67. The fourth-order valence-electron chi connectivity index (χ4n) is 1.51. The summed E-state index contributed by atoms with van der Waals surface area (Å²) in [5.74, 6) is -1.84. The average molecular weight is 270 g/mol. The van der Waals surface area contributed by atoms with Crippen molar-refractivity contribution in [2.45, 2.75) is 32.7 Å². The van der Waals surface area contributed by atoms with Gasteiger partial charge in [-0.25, -0.2) is 9.18 Å². The Kier molecular flexibility index (Phi) is 4.08. The molecule has 0 aliphatic rings. The second-order valence-electron chi connectivity index (χ2n) is 4.49. The third-order valence-electron chi connectivity index (χ3n) is 3.06. The smallest absolute Gasteiger partial charge is 0.329 e. The molecule has 0 radical (unpaired) electrons. The van der Waals surface area contributed by atoms with Gasteiger partial charge in [0.1, 0.15) is 17.0 Å². The van der Waals surface area contributed by atoms with Crippen LogP contribution in [-0.4, -0.2) is 21.5 Å². The van der Waals surface area contributed by atoms with Crippen LogP contribution in [0, 0.1) is 22.9 Å². The number of hydrogen-bond acceptors (Lipinski definition) is 4. The first-order valence-corrected chi connectivity index (χ1v) is 5.67. The van der Waals surface area contributed by atoms with Crippen LogP contribution in [0.25, 0.3) is 0 Å². The second kappa shape index (κ2) is 5.21. The number of rotatable bonds is 5. The number of halogens is 1. The van der Waals surface area contributed by atoms with Gasteiger partial charge in [0, 0.05) is 0 Å². The standard InChI is InChI=1S/C12H15FN2O4/c1-4-12(3,11(16)17)14-9-5-7(2)8(13)6-10(9)15(18)19/h5-6,14H,4H2,1-3H3,(H,16,17). The van der Waals surface area contributed by atoms with E-state index in [1.54, 1.807) is 6.92 Å². The molecular weight excluding hydrogens is 255 g/mol. The predicted octanol–water partition coefficient (Wildman–Crippen LogP) is 2.71. The normalized spacial score (nSPS) is 13.7. The van der Waals surface area contributed by atoms with Crippen LogP contribution in [0.1, 0.15) is 25.8 Å². The molecule has 1 unspecified atom stereocenters. The number of anilines is 1. The van der Waals surface area contributed by atoms with Gasteiger partial charge in [0.05, 0.1) is 11.0 Å². The van der Waals surface area contributed by atoms with Gasteiger partial charge in [0.2, 0.25) is 0 Å². The molecule has 1 rings (SSSR count). The molecule has 1 atom stereocenters. The van der Waals surface area contributed by atoms with Crippen molar-refractivity contribution in [2.24, 2.45) is 0 Å². The number of nitro groups is 1. The molecule has 7 heteroatoms. The lowest BCUT2D eigenvalue weighted by Crippen LogP contribution is -2.42. The maximum absolute atomic E-state index is 13.3. The topological polar surface area (TPSA) is 92.5 Å². The van der Waals surface area contributed by atoms with E-state index in [9.17, 15) is 19.3 Å². The molecule has 1 aromatic rings. The highest BCUT2D eigenvalue weighted by Gasteiger charge is 2.33. The summed E-state index contributed by atoms with van der Waals surface area (Å²) in [5, 5.41) is 22.6. The molecule has 1 aromatic carbocycles. The monoisotopic (exact) mass is 270 g/mol. The van der Waals surface area contributed by atoms with Gasteiger partial charge in [-0.15, -0.1) is 0 Å². The van der Waals surface area contributed by atoms with Crippen LogP contribution in [0.2, 0.25) is 0 Å². The lowest BCUT2D eigenvalue weighted by atomic mass is 9.98. The molecule has 0 bridgehead atoms. The molecule has 0 fully saturated rings. The zero-order valence-electron chi connectivity index (χ0n) is 10.9. The number of carbonyl (C=O) groups is 1. The van der Waals surface area contributed by atoms with E-state index < -0.39 is 27.9 Å². The van der Waals surface area contributed by atoms with Gasteiger partial charge in [-0.3, -0.25) is 10.1 Å². The highest BCUT2D eigenvalue weighted by molar-refractivity contribution is 5.83. The summed E-state index contributed by atoms with van der Waals surface area (Å²) in [7, 11) is 0. The molecule has 0 aliphatic heterocycles. The Bertz CT molecular complexity index is 533. The Morgan fingerprint density at radius 3 is 2.58 bits per heavy atom. The molecule has 0 aliphatic carbocycles. The van der Waals surface area contributed by atoms with Crippen molar-refractivity contribution < 1.29 is 19.2 Å². The molecule has 6 nitrogen and oxygen atoms in total. The van der Waals surface area contributed by atoms with E-state index in [4.69, 9.17) is 5.11 Å². The minimum absolute atomic E-state index is 0.00403. The van der Waals surface area contributed by atoms with Crippen LogP contribution in [0.5, 0.6) is 0 Å². The maximum atomic E-state index is 13.3. The third kappa shape index (κ3) is 2.98. The molecule has 104 valence electrons. The van der Waals surface area contributed by atoms with E-state index in [1.165, 1.54) is 19.9 Å². The first-order chi connectivity index (χ1) is 8.71. The fraction of sp³-hybridized carbons (Fsp3) is 0.417. The van der Waals surface area contributed by atoms with Crippen LogP contribution < -0.4 is 5.32 Å². The van der Waals surface area contributed by atoms with Gasteiger partial charge in [-0.05, 0) is 31.9 Å². The number of hydrogen-bond donors (Lipinski definition) is 2. The average Bonchev–Trinajstić information content (AvgIpc) is 2.32. The molecular formula is C12H15FN2O4. The van der Waals surface area contributed by atoms with Gasteiger partial charge >= 0.3 is 5.97 Å². The van der Waals surface area contributed by atoms with Crippen LogP contribution in [-0.2, 0) is 4.79 Å². The van der Waals surface area contributed by atoms with Gasteiger partial charge in [0.25, 0.3) is 5.69 Å². The summed E-state index contributed by atoms with van der Waals surface area (Å²) in [6, 6.07) is 2.03. The molecule has 2 N–H and O–H groups in total. The van der Waals surface area contributed by atoms with Gasteiger partial charge in [0.15, 0.2) is 0 Å². The molecule has 0 heterocycles. The molecule has 0 aromatic heterocycles. The second-order valence-corrected chi connectivity index (χ2v) is 4.49. The van der Waals surface area contributed by atoms with Crippen LogP contribution in [0.15, 0.2) is 12.1 Å². The predicted molar refractivity (Wildman–Crippen MR) is 67.7 cm³/mol. The lowest BCUT2D eigenvalue weighted by Gasteiger charge is -2.25. The summed E-state index contributed by atoms with van der Waals surface area (Å²) >= 11 is 0. The quantitative estimate of drug-likeness (QED) is 0.634. The minimum Gasteiger partial charge on any atom is -0.480 e. The largest absolute Gasteiger partial charge is 0.480 e. The zero-order valence-corrected chi connectivity index (χ0v) is 10.9. The zero-order chi connectivity index (χ0) is 14.8. The Morgan fingerprint density at radius 1 is 1.58 bits per heavy atom. The van der Waals surface area contributed by atoms with Gasteiger partial charge < -0.3 is 10.4 Å². The lowest BCUT2D eigenvalue weighted by molar-refractivity contribution is -0.384. The number of benzene rings is 1. The summed E-state index contributed by atoms with van der Waals surface area (Å²) in [5.41, 5.74) is -1.63. The third-order valence-corrected chi connectivity index (χ3v) is 3.06. The summed E-state index contributed by atoms with van der Waals surface area (Å²) in [6.07, 6.45) is 0.218. The Morgan fingerprint density at radius 2 is 2.16 bits per heavy atom. The van der Waals surface area contributed by atoms with Gasteiger partial charge in [-0.1, -0.05) is 6.92 Å². The van der Waals surface area contributed by atoms with Crippen molar-refractivity contribution in [3.8, 4) is 0 Å². The van der Waals surface area contributed by atoms with E-state index in [1.807, 2.05) is 0 Å². The van der Waals surface area contributed by atoms with Crippen molar-refractivity contribution in [3.63, 3.8) is 0 Å². The minimum atomic E-state index is -1.35. The summed E-state index contributed by atoms with van der Waals surface area (Å²) in [4.78, 5) is 21.3. The summed E-state index contributed by atoms with van der Waals surface area (Å²) < 4.78 is 13.3. The van der Waals surface area contributed by atoms with Gasteiger partial charge in [-0.2, -0.15) is 0 Å². The van der Waals surface area contributed by atoms with Crippen LogP contribution in [0.4, 0.5) is 15.8 Å². The van der Waals surface area contributed by atoms with E-state index in [0.29, 0.717) is 0 Å². The van der Waals surface area contributed by atoms with Crippen molar-refractivity contribution in [3.05, 3.63) is 33.6 Å². The fourth-order valence-corrected chi connectivity index (χ4v) is 1.51. The van der Waals surface area contributed by atoms with Crippen molar-refractivity contribution >= 4 is 17.3 Å². The maximum Gasteiger partial charge on any atom is 0.329 e. The van der Waals surface area contributed by atoms with Crippen molar-refractivity contribution in [2.75, 3.05) is 5.32 Å². The molecule has 19 heavy (non-hydrogen) atoms. The number of aryl methyl sites for hydroxylation is 1. The molecule has 0 amide bonds. The van der Waals surface area contributed by atoms with Crippen molar-refractivity contribution in [1.82, 2.24) is 0 Å². The Balaban J connectivity index is 3.30. The first kappa shape index (κ1) is 14.9. The SMILES string of the molecule is CCC(C)(Nc1cc(C)c(F)cc1[N+](=O)[O-])C(=O)O. The highest BCUT2D eigenvalue weighted by atomic mass is 19.1. The Hall–Kier alpha value is -2.18. The number of nitrogens with zero attached hydrogens (tertiary/aromatic N) is 1. The van der Waals surface area contributed by atoms with E-state index in [2.05, 4.69) is 5.32 Å². The van der Waals surface area contributed by atoms with E-state index >= 15 is 0 Å². The molecule has 0 spiro atoms. The Labute approximate surface area is 109 Å². The number of nitrogens with one attached hydrogen (secondary N) is 1. The molecule has 0 saturated heterocycles. The number of carboxylic acids is 1. The number of carboxylic acid groups (broad SMARTS) is 1. The molecule has 0 saturated carbocycles. The van der Waals surface area contributed by atoms with E-state index in [0.717, 1.165) is 6.07 Å². The van der Waals surface area contributed by atoms with E-state index in [-0.39, 0.29) is 17.7 Å². The van der Waals surface area contributed by atoms with Crippen LogP contribution >= 0.6 is 0 Å².